The molecule has 1 aromatic carbocycles. The van der Waals surface area contributed by atoms with E-state index in [0.29, 0.717) is 0 Å². The van der Waals surface area contributed by atoms with E-state index in [4.69, 9.17) is 0 Å². The molecule has 0 aliphatic carbocycles. The Morgan fingerprint density at radius 1 is 1.24 bits per heavy atom. The molecule has 0 saturated carbocycles. The number of anilines is 1. The summed E-state index contributed by atoms with van der Waals surface area (Å²) in [6, 6.07) is 8.38. The van der Waals surface area contributed by atoms with Crippen LogP contribution in [0, 0.1) is 3.57 Å². The first-order valence-corrected chi connectivity index (χ1v) is 7.05. The van der Waals surface area contributed by atoms with Gasteiger partial charge in [0.15, 0.2) is 0 Å². The molecule has 1 nitrogen and oxygen atoms in total. The highest BCUT2D eigenvalue weighted by Gasteiger charge is 1.96. The predicted molar refractivity (Wildman–Crippen MR) is 84.4 cm³/mol. The van der Waals surface area contributed by atoms with Crippen LogP contribution in [-0.4, -0.2) is 6.54 Å². The van der Waals surface area contributed by atoms with E-state index in [9.17, 15) is 0 Å². The van der Waals surface area contributed by atoms with E-state index in [2.05, 4.69) is 78.7 Å². The van der Waals surface area contributed by atoms with E-state index in [0.717, 1.165) is 19.4 Å². The number of para-hydroxylation sites is 1. The molecule has 0 atom stereocenters. The van der Waals surface area contributed by atoms with Crippen molar-refractivity contribution in [3.63, 3.8) is 0 Å². The number of nitrogens with one attached hydrogen (secondary N) is 1. The van der Waals surface area contributed by atoms with Gasteiger partial charge < -0.3 is 5.32 Å². The highest BCUT2D eigenvalue weighted by Crippen LogP contribution is 2.17. The Morgan fingerprint density at radius 3 is 2.59 bits per heavy atom. The maximum atomic E-state index is 3.47. The lowest BCUT2D eigenvalue weighted by Gasteiger charge is -2.07. The molecule has 0 bridgehead atoms. The lowest BCUT2D eigenvalue weighted by molar-refractivity contribution is 0.852. The van der Waals surface area contributed by atoms with Crippen LogP contribution in [0.4, 0.5) is 5.69 Å². The Kier molecular flexibility index (Phi) is 6.38. The molecule has 0 unspecified atom stereocenters. The van der Waals surface area contributed by atoms with Crippen LogP contribution in [0.5, 0.6) is 0 Å². The van der Waals surface area contributed by atoms with Gasteiger partial charge >= 0.3 is 0 Å². The number of allylic oxidation sites excluding steroid dienone is 1. The number of hydrogen-bond acceptors (Lipinski definition) is 1. The summed E-state index contributed by atoms with van der Waals surface area (Å²) in [7, 11) is 0. The average molecular weight is 341 g/mol. The van der Waals surface area contributed by atoms with Crippen molar-refractivity contribution >= 4 is 28.3 Å². The number of rotatable bonds is 5. The van der Waals surface area contributed by atoms with Gasteiger partial charge in [0.25, 0.3) is 0 Å². The Hall–Kier alpha value is -0.730. The van der Waals surface area contributed by atoms with Gasteiger partial charge in [-0.25, -0.2) is 0 Å². The van der Waals surface area contributed by atoms with Crippen LogP contribution in [0.2, 0.25) is 0 Å². The molecule has 1 N–H and O–H groups in total. The average Bonchev–Trinajstić information content (AvgIpc) is 2.25. The molecule has 0 fully saturated rings. The van der Waals surface area contributed by atoms with Crippen molar-refractivity contribution in [2.45, 2.75) is 33.6 Å². The normalized spacial score (nSPS) is 9.65. The van der Waals surface area contributed by atoms with Crippen LogP contribution in [0.15, 0.2) is 41.1 Å². The quantitative estimate of drug-likeness (QED) is 0.452. The molecule has 2 heteroatoms. The van der Waals surface area contributed by atoms with Crippen LogP contribution in [0.3, 0.4) is 0 Å². The third-order valence-electron chi connectivity index (χ3n) is 2.38. The Bertz CT molecular complexity index is 424. The standard InChI is InChI=1S/C15H20IN/c1-12(2)11-13(3)7-6-10-17-15-9-5-4-8-14(15)16/h4-5,8-9,17H,6-7,10H2,1-3H3. The lowest BCUT2D eigenvalue weighted by Crippen LogP contribution is -2.02. The summed E-state index contributed by atoms with van der Waals surface area (Å²) in [5.41, 5.74) is 7.19. The third-order valence-corrected chi connectivity index (χ3v) is 3.32. The second kappa shape index (κ2) is 7.57. The zero-order chi connectivity index (χ0) is 12.7. The fourth-order valence-corrected chi connectivity index (χ4v) is 2.25. The fourth-order valence-electron chi connectivity index (χ4n) is 1.67. The molecule has 0 radical (unpaired) electrons. The molecule has 0 heterocycles. The van der Waals surface area contributed by atoms with E-state index in [-0.39, 0.29) is 0 Å². The van der Waals surface area contributed by atoms with E-state index in [1.165, 1.54) is 20.4 Å². The van der Waals surface area contributed by atoms with Gasteiger partial charge in [0.05, 0.1) is 0 Å². The van der Waals surface area contributed by atoms with Gasteiger partial charge in [-0.2, -0.15) is 0 Å². The highest BCUT2D eigenvalue weighted by atomic mass is 127. The lowest BCUT2D eigenvalue weighted by atomic mass is 10.1. The van der Waals surface area contributed by atoms with Gasteiger partial charge in [-0.1, -0.05) is 12.1 Å². The molecular formula is C15H20IN. The van der Waals surface area contributed by atoms with E-state index >= 15 is 0 Å². The predicted octanol–water partition coefficient (Wildman–Crippen LogP) is 4.99. The minimum atomic E-state index is 1.02. The van der Waals surface area contributed by atoms with Crippen molar-refractivity contribution in [1.29, 1.82) is 0 Å². The SMILES string of the molecule is CC(C)=C=C(C)CCCNc1ccccc1I. The summed E-state index contributed by atoms with van der Waals surface area (Å²) in [4.78, 5) is 0. The highest BCUT2D eigenvalue weighted by molar-refractivity contribution is 14.1. The molecule has 17 heavy (non-hydrogen) atoms. The van der Waals surface area contributed by atoms with Crippen molar-refractivity contribution in [2.75, 3.05) is 11.9 Å². The fraction of sp³-hybridized carbons (Fsp3) is 0.400. The minimum Gasteiger partial charge on any atom is -0.384 e. The molecular weight excluding hydrogens is 321 g/mol. The molecule has 0 aliphatic rings. The van der Waals surface area contributed by atoms with Crippen molar-refractivity contribution in [2.24, 2.45) is 0 Å². The molecule has 0 amide bonds. The van der Waals surface area contributed by atoms with Crippen LogP contribution < -0.4 is 5.32 Å². The Balaban J connectivity index is 2.35. The molecule has 1 rings (SSSR count). The zero-order valence-electron chi connectivity index (χ0n) is 10.8. The number of benzene rings is 1. The summed E-state index contributed by atoms with van der Waals surface area (Å²) in [5, 5.41) is 3.47. The first-order chi connectivity index (χ1) is 8.09. The van der Waals surface area contributed by atoms with Crippen LogP contribution >= 0.6 is 22.6 Å². The second-order valence-corrected chi connectivity index (χ2v) is 5.58. The Labute approximate surface area is 118 Å². The van der Waals surface area contributed by atoms with Gasteiger partial charge in [0.1, 0.15) is 0 Å². The first-order valence-electron chi connectivity index (χ1n) is 5.97. The van der Waals surface area contributed by atoms with Crippen molar-refractivity contribution in [3.8, 4) is 0 Å². The second-order valence-electron chi connectivity index (χ2n) is 4.42. The molecule has 1 aromatic rings. The smallest absolute Gasteiger partial charge is 0.0475 e. The maximum absolute atomic E-state index is 3.47. The zero-order valence-corrected chi connectivity index (χ0v) is 13.0. The van der Waals surface area contributed by atoms with Crippen molar-refractivity contribution in [1.82, 2.24) is 0 Å². The van der Waals surface area contributed by atoms with Gasteiger partial charge in [-0.3, -0.25) is 0 Å². The van der Waals surface area contributed by atoms with Crippen molar-refractivity contribution < 1.29 is 0 Å². The summed E-state index contributed by atoms with van der Waals surface area (Å²) in [6.07, 6.45) is 2.26. The molecule has 0 aromatic heterocycles. The largest absolute Gasteiger partial charge is 0.384 e. The van der Waals surface area contributed by atoms with Gasteiger partial charge in [-0.15, -0.1) is 5.73 Å². The van der Waals surface area contributed by atoms with Gasteiger partial charge in [-0.05, 0) is 79.5 Å². The summed E-state index contributed by atoms with van der Waals surface area (Å²) < 4.78 is 1.28. The third kappa shape index (κ3) is 5.94. The minimum absolute atomic E-state index is 1.02. The van der Waals surface area contributed by atoms with E-state index < -0.39 is 0 Å². The summed E-state index contributed by atoms with van der Waals surface area (Å²) in [6.45, 7) is 7.35. The monoisotopic (exact) mass is 341 g/mol. The van der Waals surface area contributed by atoms with Gasteiger partial charge in [0.2, 0.25) is 0 Å². The number of halogens is 1. The number of hydrogen-bond donors (Lipinski definition) is 1. The van der Waals surface area contributed by atoms with Gasteiger partial charge in [0, 0.05) is 15.8 Å². The molecule has 92 valence electrons. The molecule has 0 spiro atoms. The van der Waals surface area contributed by atoms with Crippen molar-refractivity contribution in [3.05, 3.63) is 44.7 Å². The van der Waals surface area contributed by atoms with Crippen LogP contribution in [0.1, 0.15) is 33.6 Å². The van der Waals surface area contributed by atoms with Crippen LogP contribution in [-0.2, 0) is 0 Å². The summed E-state index contributed by atoms with van der Waals surface area (Å²) >= 11 is 2.36. The molecule has 0 aliphatic heterocycles. The summed E-state index contributed by atoms with van der Waals surface area (Å²) in [5.74, 6) is 0. The first kappa shape index (κ1) is 14.3. The topological polar surface area (TPSA) is 12.0 Å². The maximum Gasteiger partial charge on any atom is 0.0475 e. The molecule has 0 saturated heterocycles. The van der Waals surface area contributed by atoms with E-state index in [1.54, 1.807) is 0 Å². The Morgan fingerprint density at radius 2 is 1.94 bits per heavy atom. The van der Waals surface area contributed by atoms with Crippen LogP contribution in [0.25, 0.3) is 0 Å². The van der Waals surface area contributed by atoms with E-state index in [1.807, 2.05) is 0 Å².